The highest BCUT2D eigenvalue weighted by Crippen LogP contribution is 2.23. The van der Waals surface area contributed by atoms with Gasteiger partial charge in [-0.25, -0.2) is 0 Å². The number of hydrogen-bond acceptors (Lipinski definition) is 1. The summed E-state index contributed by atoms with van der Waals surface area (Å²) in [5.41, 5.74) is 2.34. The number of quaternary nitrogens is 1. The Morgan fingerprint density at radius 3 is 2.50 bits per heavy atom. The van der Waals surface area contributed by atoms with Crippen LogP contribution in [0.2, 0.25) is 0 Å². The smallest absolute Gasteiger partial charge is 0.171 e. The van der Waals surface area contributed by atoms with Gasteiger partial charge in [0.15, 0.2) is 5.11 Å². The summed E-state index contributed by atoms with van der Waals surface area (Å²) in [7, 11) is 0. The van der Waals surface area contributed by atoms with Crippen LogP contribution in [0, 0.1) is 12.8 Å². The maximum Gasteiger partial charge on any atom is 0.171 e. The third-order valence-corrected chi connectivity index (χ3v) is 5.88. The first-order chi connectivity index (χ1) is 11.5. The first-order valence-electron chi connectivity index (χ1n) is 9.51. The Balaban J connectivity index is 1.57. The molecule has 3 nitrogen and oxygen atoms in total. The molecule has 2 aliphatic rings. The molecule has 2 aliphatic heterocycles. The van der Waals surface area contributed by atoms with E-state index in [0.29, 0.717) is 6.04 Å². The van der Waals surface area contributed by atoms with Gasteiger partial charge in [-0.05, 0) is 50.0 Å². The van der Waals surface area contributed by atoms with Crippen LogP contribution in [-0.2, 0) is 0 Å². The van der Waals surface area contributed by atoms with Crippen molar-refractivity contribution in [3.63, 3.8) is 0 Å². The van der Waals surface area contributed by atoms with E-state index in [4.69, 9.17) is 12.2 Å². The van der Waals surface area contributed by atoms with Gasteiger partial charge in [-0.2, -0.15) is 0 Å². The van der Waals surface area contributed by atoms with Crippen molar-refractivity contribution in [1.82, 2.24) is 5.32 Å². The number of fused-ring (bicyclic) bond motifs is 2. The lowest BCUT2D eigenvalue weighted by Gasteiger charge is -2.46. The van der Waals surface area contributed by atoms with E-state index >= 15 is 0 Å². The second-order valence-electron chi connectivity index (χ2n) is 8.08. The van der Waals surface area contributed by atoms with Gasteiger partial charge in [0.05, 0.1) is 18.6 Å². The molecule has 3 N–H and O–H groups in total. The van der Waals surface area contributed by atoms with Crippen molar-refractivity contribution in [3.05, 3.63) is 29.8 Å². The summed E-state index contributed by atoms with van der Waals surface area (Å²) < 4.78 is 0. The van der Waals surface area contributed by atoms with Crippen LogP contribution < -0.4 is 15.5 Å². The van der Waals surface area contributed by atoms with Gasteiger partial charge in [0, 0.05) is 30.5 Å². The molecule has 2 atom stereocenters. The normalized spacial score (nSPS) is 29.3. The van der Waals surface area contributed by atoms with E-state index in [1.165, 1.54) is 44.2 Å². The zero-order chi connectivity index (χ0) is 17.1. The van der Waals surface area contributed by atoms with E-state index in [2.05, 4.69) is 55.7 Å². The lowest BCUT2D eigenvalue weighted by Crippen LogP contribution is -3.21. The molecule has 0 radical (unpaired) electrons. The summed E-state index contributed by atoms with van der Waals surface area (Å²) in [4.78, 5) is 1.87. The number of benzene rings is 1. The van der Waals surface area contributed by atoms with Crippen molar-refractivity contribution in [1.29, 1.82) is 0 Å². The minimum absolute atomic E-state index is 0.528. The van der Waals surface area contributed by atoms with Crippen molar-refractivity contribution >= 4 is 23.0 Å². The SMILES string of the molecule is Cc1ccccc1NC(=S)NC1C[C@H]2CCC[C@H](C1)[NH+]2CC(C)C. The number of aryl methyl sites for hydroxylation is 1. The third kappa shape index (κ3) is 4.28. The zero-order valence-corrected chi connectivity index (χ0v) is 16.1. The summed E-state index contributed by atoms with van der Waals surface area (Å²) in [6.07, 6.45) is 6.70. The van der Waals surface area contributed by atoms with E-state index < -0.39 is 0 Å². The second-order valence-corrected chi connectivity index (χ2v) is 8.49. The van der Waals surface area contributed by atoms with Gasteiger partial charge in [-0.1, -0.05) is 32.0 Å². The number of thiocarbonyl (C=S) groups is 1. The van der Waals surface area contributed by atoms with Crippen molar-refractivity contribution < 1.29 is 4.90 Å². The Bertz CT molecular complexity index is 558. The molecule has 3 rings (SSSR count). The van der Waals surface area contributed by atoms with Gasteiger partial charge < -0.3 is 15.5 Å². The fourth-order valence-electron chi connectivity index (χ4n) is 4.62. The number of para-hydroxylation sites is 1. The number of piperidine rings is 2. The topological polar surface area (TPSA) is 28.5 Å². The molecule has 4 heteroatoms. The molecule has 0 aliphatic carbocycles. The lowest BCUT2D eigenvalue weighted by molar-refractivity contribution is -0.963. The molecule has 2 heterocycles. The highest BCUT2D eigenvalue weighted by Gasteiger charge is 2.41. The highest BCUT2D eigenvalue weighted by molar-refractivity contribution is 7.80. The van der Waals surface area contributed by atoms with Gasteiger partial charge in [-0.3, -0.25) is 0 Å². The minimum atomic E-state index is 0.528. The Morgan fingerprint density at radius 1 is 1.21 bits per heavy atom. The molecular weight excluding hydrogens is 314 g/mol. The fraction of sp³-hybridized carbons (Fsp3) is 0.650. The van der Waals surface area contributed by atoms with Crippen molar-refractivity contribution in [2.75, 3.05) is 11.9 Å². The minimum Gasteiger partial charge on any atom is -0.359 e. The standard InChI is InChI=1S/C20H31N3S/c1-14(2)13-23-17-8-6-9-18(23)12-16(11-17)21-20(24)22-19-10-5-4-7-15(19)3/h4-5,7,10,14,16-18H,6,8-9,11-13H2,1-3H3,(H2,21,22,24)/p+1/t17-,18-/m1/s1. The lowest BCUT2D eigenvalue weighted by atomic mass is 9.81. The Morgan fingerprint density at radius 2 is 1.88 bits per heavy atom. The molecule has 0 spiro atoms. The van der Waals surface area contributed by atoms with Crippen molar-refractivity contribution in [3.8, 4) is 0 Å². The first kappa shape index (κ1) is 17.7. The van der Waals surface area contributed by atoms with E-state index in [1.54, 1.807) is 0 Å². The van der Waals surface area contributed by atoms with E-state index in [0.717, 1.165) is 28.8 Å². The fourth-order valence-corrected chi connectivity index (χ4v) is 4.89. The van der Waals surface area contributed by atoms with Crippen LogP contribution in [-0.4, -0.2) is 29.8 Å². The van der Waals surface area contributed by atoms with Gasteiger partial charge in [0.2, 0.25) is 0 Å². The Labute approximate surface area is 152 Å². The van der Waals surface area contributed by atoms with Crippen LogP contribution in [0.5, 0.6) is 0 Å². The quantitative estimate of drug-likeness (QED) is 0.732. The third-order valence-electron chi connectivity index (χ3n) is 5.66. The number of anilines is 1. The van der Waals surface area contributed by atoms with Crippen molar-refractivity contribution in [2.24, 2.45) is 5.92 Å². The molecule has 0 unspecified atom stereocenters. The number of rotatable bonds is 4. The maximum atomic E-state index is 5.58. The summed E-state index contributed by atoms with van der Waals surface area (Å²) in [5.74, 6) is 0.788. The van der Waals surface area contributed by atoms with Crippen LogP contribution in [0.1, 0.15) is 51.5 Å². The maximum absolute atomic E-state index is 5.58. The average molecular weight is 347 g/mol. The van der Waals surface area contributed by atoms with Crippen LogP contribution >= 0.6 is 12.2 Å². The van der Waals surface area contributed by atoms with Crippen LogP contribution in [0.4, 0.5) is 5.69 Å². The average Bonchev–Trinajstić information content (AvgIpc) is 2.50. The van der Waals surface area contributed by atoms with Crippen LogP contribution in [0.3, 0.4) is 0 Å². The molecule has 2 fully saturated rings. The first-order valence-corrected chi connectivity index (χ1v) is 9.92. The highest BCUT2D eigenvalue weighted by atomic mass is 32.1. The predicted octanol–water partition coefficient (Wildman–Crippen LogP) is 2.91. The van der Waals surface area contributed by atoms with Gasteiger partial charge in [-0.15, -0.1) is 0 Å². The summed E-state index contributed by atoms with van der Waals surface area (Å²) in [5, 5.41) is 7.76. The molecule has 2 saturated heterocycles. The molecule has 132 valence electrons. The Hall–Kier alpha value is -1.13. The summed E-state index contributed by atoms with van der Waals surface area (Å²) >= 11 is 5.58. The summed E-state index contributed by atoms with van der Waals surface area (Å²) in [6, 6.07) is 10.5. The Kier molecular flexibility index (Phi) is 5.77. The number of hydrogen-bond donors (Lipinski definition) is 3. The molecule has 24 heavy (non-hydrogen) atoms. The van der Waals surface area contributed by atoms with Gasteiger partial charge >= 0.3 is 0 Å². The molecular formula is C20H32N3S+. The largest absolute Gasteiger partial charge is 0.359 e. The van der Waals surface area contributed by atoms with E-state index in [1.807, 2.05) is 4.90 Å². The monoisotopic (exact) mass is 346 g/mol. The molecule has 2 bridgehead atoms. The molecule has 0 amide bonds. The predicted molar refractivity (Wildman–Crippen MR) is 106 cm³/mol. The van der Waals surface area contributed by atoms with Crippen LogP contribution in [0.25, 0.3) is 0 Å². The summed E-state index contributed by atoms with van der Waals surface area (Å²) in [6.45, 7) is 8.15. The van der Waals surface area contributed by atoms with Crippen LogP contribution in [0.15, 0.2) is 24.3 Å². The van der Waals surface area contributed by atoms with Gasteiger partial charge in [0.25, 0.3) is 0 Å². The van der Waals surface area contributed by atoms with E-state index in [-0.39, 0.29) is 0 Å². The molecule has 1 aromatic rings. The zero-order valence-electron chi connectivity index (χ0n) is 15.3. The molecule has 0 saturated carbocycles. The van der Waals surface area contributed by atoms with E-state index in [9.17, 15) is 0 Å². The van der Waals surface area contributed by atoms with Gasteiger partial charge in [0.1, 0.15) is 0 Å². The molecule has 1 aromatic carbocycles. The van der Waals surface area contributed by atoms with Crippen molar-refractivity contribution in [2.45, 2.75) is 71.0 Å². The second kappa shape index (κ2) is 7.83. The number of nitrogens with one attached hydrogen (secondary N) is 3. The molecule has 0 aromatic heterocycles.